The Balaban J connectivity index is 1.16. The van der Waals surface area contributed by atoms with E-state index in [1.165, 1.54) is 49.5 Å². The first-order chi connectivity index (χ1) is 24.8. The van der Waals surface area contributed by atoms with Crippen LogP contribution in [0, 0.1) is 0 Å². The minimum absolute atomic E-state index is 0.312. The molecule has 236 valence electrons. The summed E-state index contributed by atoms with van der Waals surface area (Å²) < 4.78 is 0. The highest BCUT2D eigenvalue weighted by atomic mass is 15.2. The molecule has 1 atom stereocenters. The van der Waals surface area contributed by atoms with Crippen molar-refractivity contribution in [2.24, 2.45) is 9.98 Å². The number of hydrogen-bond acceptors (Lipinski definition) is 3. The molecule has 9 rings (SSSR count). The van der Waals surface area contributed by atoms with Gasteiger partial charge >= 0.3 is 0 Å². The number of benzene rings is 8. The summed E-state index contributed by atoms with van der Waals surface area (Å²) in [4.78, 5) is 10.5. The van der Waals surface area contributed by atoms with Gasteiger partial charge in [0.05, 0.1) is 0 Å². The van der Waals surface area contributed by atoms with Crippen LogP contribution in [-0.4, -0.2) is 11.7 Å². The molecule has 1 N–H and O–H groups in total. The van der Waals surface area contributed by atoms with Crippen molar-refractivity contribution in [1.29, 1.82) is 0 Å². The molecule has 3 nitrogen and oxygen atoms in total. The Labute approximate surface area is 292 Å². The molecule has 0 saturated carbocycles. The molecule has 1 aliphatic heterocycles. The van der Waals surface area contributed by atoms with E-state index in [2.05, 4.69) is 181 Å². The van der Waals surface area contributed by atoms with Crippen LogP contribution in [0.2, 0.25) is 0 Å². The van der Waals surface area contributed by atoms with Crippen molar-refractivity contribution in [3.63, 3.8) is 0 Å². The minimum Gasteiger partial charge on any atom is -0.344 e. The molecule has 50 heavy (non-hydrogen) atoms. The van der Waals surface area contributed by atoms with Gasteiger partial charge in [-0.3, -0.25) is 0 Å². The lowest BCUT2D eigenvalue weighted by Crippen LogP contribution is -2.33. The Kier molecular flexibility index (Phi) is 7.56. The van der Waals surface area contributed by atoms with Crippen molar-refractivity contribution in [2.75, 3.05) is 0 Å². The molecule has 8 aromatic rings. The van der Waals surface area contributed by atoms with E-state index in [1.807, 2.05) is 12.1 Å². The summed E-state index contributed by atoms with van der Waals surface area (Å²) in [6.07, 6.45) is -0.312. The third-order valence-corrected chi connectivity index (χ3v) is 9.58. The van der Waals surface area contributed by atoms with Gasteiger partial charge in [0, 0.05) is 11.1 Å². The highest BCUT2D eigenvalue weighted by Gasteiger charge is 2.23. The molecule has 0 bridgehead atoms. The van der Waals surface area contributed by atoms with E-state index in [9.17, 15) is 0 Å². The lowest BCUT2D eigenvalue weighted by Gasteiger charge is -2.24. The Bertz CT molecular complexity index is 2530. The van der Waals surface area contributed by atoms with Gasteiger partial charge in [0.25, 0.3) is 0 Å². The molecule has 1 unspecified atom stereocenters. The van der Waals surface area contributed by atoms with Crippen molar-refractivity contribution < 1.29 is 0 Å². The Hall–Kier alpha value is -6.58. The molecule has 1 heterocycles. The maximum atomic E-state index is 5.29. The largest absolute Gasteiger partial charge is 0.344 e. The van der Waals surface area contributed by atoms with Crippen LogP contribution in [0.1, 0.15) is 22.9 Å². The third kappa shape index (κ3) is 5.55. The summed E-state index contributed by atoms with van der Waals surface area (Å²) in [5.74, 6) is 1.51. The van der Waals surface area contributed by atoms with Crippen molar-refractivity contribution in [3.8, 4) is 33.4 Å². The first-order valence-corrected chi connectivity index (χ1v) is 17.0. The second-order valence-corrected chi connectivity index (χ2v) is 12.6. The van der Waals surface area contributed by atoms with E-state index in [0.717, 1.165) is 27.9 Å². The molecule has 1 aliphatic rings. The Morgan fingerprint density at radius 2 is 0.820 bits per heavy atom. The summed E-state index contributed by atoms with van der Waals surface area (Å²) in [5, 5.41) is 8.44. The second-order valence-electron chi connectivity index (χ2n) is 12.6. The lowest BCUT2D eigenvalue weighted by atomic mass is 9.92. The standard InChI is InChI=1S/C47H33N3/c1-3-12-32(13-4-1)34-24-28-37(29-25-34)45-48-46(38-30-26-35(27-31-38)33-14-5-2-6-15-33)50-47(49-45)44-23-11-21-42-41(20-10-22-43(42)44)40-19-9-17-36-16-7-8-18-39(36)40/h1-31,45H,(H,48,49,50). The first kappa shape index (κ1) is 29.6. The second kappa shape index (κ2) is 12.8. The number of amidine groups is 2. The van der Waals surface area contributed by atoms with Crippen LogP contribution >= 0.6 is 0 Å². The molecule has 0 spiro atoms. The van der Waals surface area contributed by atoms with Gasteiger partial charge < -0.3 is 5.32 Å². The molecule has 0 aliphatic carbocycles. The molecule has 0 aromatic heterocycles. The predicted octanol–water partition coefficient (Wildman–Crippen LogP) is 11.5. The van der Waals surface area contributed by atoms with Crippen LogP contribution in [0.5, 0.6) is 0 Å². The van der Waals surface area contributed by atoms with Gasteiger partial charge in [0.1, 0.15) is 12.0 Å². The molecular weight excluding hydrogens is 607 g/mol. The van der Waals surface area contributed by atoms with Gasteiger partial charge in [0.15, 0.2) is 5.84 Å². The maximum absolute atomic E-state index is 5.29. The monoisotopic (exact) mass is 639 g/mol. The summed E-state index contributed by atoms with van der Waals surface area (Å²) >= 11 is 0. The molecule has 8 aromatic carbocycles. The molecule has 0 fully saturated rings. The predicted molar refractivity (Wildman–Crippen MR) is 210 cm³/mol. The average Bonchev–Trinajstić information content (AvgIpc) is 3.21. The summed E-state index contributed by atoms with van der Waals surface area (Å²) in [5.41, 5.74) is 10.2. The zero-order valence-electron chi connectivity index (χ0n) is 27.4. The van der Waals surface area contributed by atoms with Crippen molar-refractivity contribution in [1.82, 2.24) is 5.32 Å². The van der Waals surface area contributed by atoms with Gasteiger partial charge in [-0.25, -0.2) is 9.98 Å². The minimum atomic E-state index is -0.312. The van der Waals surface area contributed by atoms with Gasteiger partial charge in [-0.15, -0.1) is 0 Å². The first-order valence-electron chi connectivity index (χ1n) is 17.0. The Morgan fingerprint density at radius 3 is 1.50 bits per heavy atom. The average molecular weight is 640 g/mol. The number of aliphatic imine (C=N–C) groups is 2. The van der Waals surface area contributed by atoms with Crippen molar-refractivity contribution in [3.05, 3.63) is 205 Å². The molecule has 0 radical (unpaired) electrons. The third-order valence-electron chi connectivity index (χ3n) is 9.58. The molecule has 0 amide bonds. The van der Waals surface area contributed by atoms with E-state index < -0.39 is 0 Å². The van der Waals surface area contributed by atoms with Gasteiger partial charge in [-0.2, -0.15) is 0 Å². The van der Waals surface area contributed by atoms with E-state index in [-0.39, 0.29) is 6.17 Å². The van der Waals surface area contributed by atoms with E-state index in [4.69, 9.17) is 9.98 Å². The van der Waals surface area contributed by atoms with Crippen LogP contribution < -0.4 is 5.32 Å². The number of nitrogens with one attached hydrogen (secondary N) is 1. The topological polar surface area (TPSA) is 36.8 Å². The van der Waals surface area contributed by atoms with Gasteiger partial charge in [-0.1, -0.05) is 188 Å². The molecule has 0 saturated heterocycles. The van der Waals surface area contributed by atoms with Crippen LogP contribution in [-0.2, 0) is 0 Å². The highest BCUT2D eigenvalue weighted by Crippen LogP contribution is 2.36. The van der Waals surface area contributed by atoms with Crippen LogP contribution in [0.15, 0.2) is 198 Å². The lowest BCUT2D eigenvalue weighted by molar-refractivity contribution is 0.674. The SMILES string of the molecule is c1ccc(-c2ccc(C3=NC(c4cccc5c(-c6cccc7ccccc67)cccc45)=NC(c4ccc(-c5ccccc5)cc4)N3)cc2)cc1. The van der Waals surface area contributed by atoms with Gasteiger partial charge in [0.2, 0.25) is 0 Å². The highest BCUT2D eigenvalue weighted by molar-refractivity contribution is 6.19. The molecular formula is C47H33N3. The van der Waals surface area contributed by atoms with E-state index >= 15 is 0 Å². The van der Waals surface area contributed by atoms with Crippen LogP contribution in [0.4, 0.5) is 0 Å². The number of nitrogens with zero attached hydrogens (tertiary/aromatic N) is 2. The number of hydrogen-bond donors (Lipinski definition) is 1. The van der Waals surface area contributed by atoms with Gasteiger partial charge in [-0.05, 0) is 60.5 Å². The van der Waals surface area contributed by atoms with Crippen molar-refractivity contribution >= 4 is 33.2 Å². The maximum Gasteiger partial charge on any atom is 0.160 e. The summed E-state index contributed by atoms with van der Waals surface area (Å²) in [6.45, 7) is 0. The zero-order valence-corrected chi connectivity index (χ0v) is 27.4. The zero-order chi connectivity index (χ0) is 33.3. The fourth-order valence-electron chi connectivity index (χ4n) is 7.03. The Morgan fingerprint density at radius 1 is 0.360 bits per heavy atom. The quantitative estimate of drug-likeness (QED) is 0.193. The fraction of sp³-hybridized carbons (Fsp3) is 0.0213. The van der Waals surface area contributed by atoms with Crippen LogP contribution in [0.3, 0.4) is 0 Å². The number of fused-ring (bicyclic) bond motifs is 2. The summed E-state index contributed by atoms with van der Waals surface area (Å²) in [7, 11) is 0. The van der Waals surface area contributed by atoms with E-state index in [0.29, 0.717) is 5.84 Å². The smallest absolute Gasteiger partial charge is 0.160 e. The van der Waals surface area contributed by atoms with Crippen LogP contribution in [0.25, 0.3) is 54.9 Å². The number of rotatable bonds is 6. The van der Waals surface area contributed by atoms with Crippen molar-refractivity contribution in [2.45, 2.75) is 6.17 Å². The van der Waals surface area contributed by atoms with E-state index in [1.54, 1.807) is 0 Å². The fourth-order valence-corrected chi connectivity index (χ4v) is 7.03. The molecule has 3 heteroatoms. The normalized spacial score (nSPS) is 14.2. The summed E-state index contributed by atoms with van der Waals surface area (Å²) in [6, 6.07) is 66.4.